The predicted molar refractivity (Wildman–Crippen MR) is 43.5 cm³/mol. The first-order valence-corrected chi connectivity index (χ1v) is 3.56. The molecule has 0 aromatic carbocycles. The van der Waals surface area contributed by atoms with Crippen LogP contribution in [0.3, 0.4) is 0 Å². The normalized spacial score (nSPS) is 24.9. The largest absolute Gasteiger partial charge is 0.370 e. The third-order valence-corrected chi connectivity index (χ3v) is 1.87. The summed E-state index contributed by atoms with van der Waals surface area (Å²) in [6.07, 6.45) is 2.85. The van der Waals surface area contributed by atoms with Gasteiger partial charge in [-0.2, -0.15) is 0 Å². The van der Waals surface area contributed by atoms with Crippen LogP contribution in [-0.4, -0.2) is 24.0 Å². The fourth-order valence-corrected chi connectivity index (χ4v) is 1.18. The maximum absolute atomic E-state index is 5.70. The van der Waals surface area contributed by atoms with Crippen molar-refractivity contribution in [2.24, 2.45) is 5.73 Å². The lowest BCUT2D eigenvalue weighted by Gasteiger charge is -2.16. The lowest BCUT2D eigenvalue weighted by molar-refractivity contribution is 0.435. The van der Waals surface area contributed by atoms with Crippen LogP contribution in [0.15, 0.2) is 24.9 Å². The second kappa shape index (κ2) is 2.88. The number of hydrogen-bond donors (Lipinski definition) is 1. The number of hydrogen-bond acceptors (Lipinski definition) is 2. The van der Waals surface area contributed by atoms with E-state index in [1.807, 2.05) is 0 Å². The lowest BCUT2D eigenvalue weighted by Crippen LogP contribution is -2.25. The Kier molecular flexibility index (Phi) is 2.12. The third kappa shape index (κ3) is 1.39. The molecule has 2 nitrogen and oxygen atoms in total. The molecule has 1 heterocycles. The van der Waals surface area contributed by atoms with Crippen LogP contribution in [0.2, 0.25) is 0 Å². The van der Waals surface area contributed by atoms with Crippen molar-refractivity contribution in [3.05, 3.63) is 24.9 Å². The zero-order chi connectivity index (χ0) is 7.56. The molecule has 0 aromatic rings. The Bertz CT molecular complexity index is 151. The fourth-order valence-electron chi connectivity index (χ4n) is 1.18. The number of nitrogens with zero attached hydrogens (tertiary/aromatic N) is 1. The van der Waals surface area contributed by atoms with Gasteiger partial charge in [-0.05, 0) is 12.5 Å². The summed E-state index contributed by atoms with van der Waals surface area (Å²) in [4.78, 5) is 2.16. The van der Waals surface area contributed by atoms with Crippen LogP contribution in [-0.2, 0) is 0 Å². The molecule has 10 heavy (non-hydrogen) atoms. The van der Waals surface area contributed by atoms with Crippen molar-refractivity contribution in [2.45, 2.75) is 12.5 Å². The molecule has 1 fully saturated rings. The molecule has 0 radical (unpaired) electrons. The van der Waals surface area contributed by atoms with Gasteiger partial charge in [0.15, 0.2) is 0 Å². The molecule has 2 N–H and O–H groups in total. The van der Waals surface area contributed by atoms with Crippen LogP contribution in [0.4, 0.5) is 0 Å². The Morgan fingerprint density at radius 2 is 2.40 bits per heavy atom. The van der Waals surface area contributed by atoms with E-state index >= 15 is 0 Å². The van der Waals surface area contributed by atoms with E-state index in [0.29, 0.717) is 6.04 Å². The number of likely N-dealkylation sites (tertiary alicyclic amines) is 1. The zero-order valence-corrected chi connectivity index (χ0v) is 6.21. The third-order valence-electron chi connectivity index (χ3n) is 1.87. The van der Waals surface area contributed by atoms with Gasteiger partial charge >= 0.3 is 0 Å². The van der Waals surface area contributed by atoms with Gasteiger partial charge in [0.05, 0.1) is 0 Å². The van der Waals surface area contributed by atoms with Crippen LogP contribution < -0.4 is 5.73 Å². The van der Waals surface area contributed by atoms with Crippen molar-refractivity contribution in [2.75, 3.05) is 13.1 Å². The molecular weight excluding hydrogens is 124 g/mol. The predicted octanol–water partition coefficient (Wildman–Crippen LogP) is 0.719. The summed E-state index contributed by atoms with van der Waals surface area (Å²) < 4.78 is 0. The van der Waals surface area contributed by atoms with Gasteiger partial charge in [-0.15, -0.1) is 0 Å². The van der Waals surface area contributed by atoms with Gasteiger partial charge in [-0.25, -0.2) is 0 Å². The molecule has 0 bridgehead atoms. The molecule has 1 atom stereocenters. The lowest BCUT2D eigenvalue weighted by atomic mass is 10.3. The highest BCUT2D eigenvalue weighted by Gasteiger charge is 2.18. The Balaban J connectivity index is 2.44. The summed E-state index contributed by atoms with van der Waals surface area (Å²) in [5.74, 6) is 0. The van der Waals surface area contributed by atoms with E-state index < -0.39 is 0 Å². The molecule has 0 saturated carbocycles. The average Bonchev–Trinajstić information content (AvgIpc) is 2.34. The maximum Gasteiger partial charge on any atom is 0.0330 e. The van der Waals surface area contributed by atoms with Gasteiger partial charge < -0.3 is 10.6 Å². The standard InChI is InChI=1S/C8H14N2/c1-3-7(2)10-5-4-8(9)6-10/h3,8H,1-2,4-6,9H2/t8-/m0/s1. The van der Waals surface area contributed by atoms with Gasteiger partial charge in [0.2, 0.25) is 0 Å². The second-order valence-electron chi connectivity index (χ2n) is 2.69. The first-order valence-electron chi connectivity index (χ1n) is 3.56. The van der Waals surface area contributed by atoms with Crippen molar-refractivity contribution in [1.29, 1.82) is 0 Å². The average molecular weight is 138 g/mol. The summed E-state index contributed by atoms with van der Waals surface area (Å²) in [7, 11) is 0. The number of rotatable bonds is 2. The van der Waals surface area contributed by atoms with Gasteiger partial charge in [-0.1, -0.05) is 13.2 Å². The van der Waals surface area contributed by atoms with Gasteiger partial charge in [0, 0.05) is 24.8 Å². The SMILES string of the molecule is C=CC(=C)N1CC[C@H](N)C1. The summed E-state index contributed by atoms with van der Waals surface area (Å²) in [5.41, 5.74) is 6.69. The molecule has 0 aliphatic carbocycles. The van der Waals surface area contributed by atoms with Gasteiger partial charge in [0.25, 0.3) is 0 Å². The van der Waals surface area contributed by atoms with E-state index in [0.717, 1.165) is 25.2 Å². The highest BCUT2D eigenvalue weighted by atomic mass is 15.2. The van der Waals surface area contributed by atoms with Gasteiger partial charge in [-0.3, -0.25) is 0 Å². The Morgan fingerprint density at radius 3 is 2.80 bits per heavy atom. The highest BCUT2D eigenvalue weighted by molar-refractivity contribution is 5.11. The van der Waals surface area contributed by atoms with E-state index in [1.165, 1.54) is 0 Å². The van der Waals surface area contributed by atoms with Gasteiger partial charge in [0.1, 0.15) is 0 Å². The molecule has 0 aromatic heterocycles. The van der Waals surface area contributed by atoms with Crippen molar-refractivity contribution < 1.29 is 0 Å². The van der Waals surface area contributed by atoms with E-state index in [-0.39, 0.29) is 0 Å². The first kappa shape index (κ1) is 7.35. The van der Waals surface area contributed by atoms with E-state index in [2.05, 4.69) is 18.1 Å². The van der Waals surface area contributed by atoms with Crippen molar-refractivity contribution in [3.63, 3.8) is 0 Å². The van der Waals surface area contributed by atoms with Crippen LogP contribution >= 0.6 is 0 Å². The monoisotopic (exact) mass is 138 g/mol. The van der Waals surface area contributed by atoms with Crippen LogP contribution in [0, 0.1) is 0 Å². The highest BCUT2D eigenvalue weighted by Crippen LogP contribution is 2.12. The summed E-state index contributed by atoms with van der Waals surface area (Å²) in [6, 6.07) is 0.330. The second-order valence-corrected chi connectivity index (χ2v) is 2.69. The van der Waals surface area contributed by atoms with E-state index in [9.17, 15) is 0 Å². The molecule has 1 saturated heterocycles. The fraction of sp³-hybridized carbons (Fsp3) is 0.500. The van der Waals surface area contributed by atoms with E-state index in [1.54, 1.807) is 6.08 Å². The number of allylic oxidation sites excluding steroid dienone is 1. The molecule has 0 unspecified atom stereocenters. The van der Waals surface area contributed by atoms with Crippen molar-refractivity contribution in [1.82, 2.24) is 4.90 Å². The minimum atomic E-state index is 0.330. The summed E-state index contributed by atoms with van der Waals surface area (Å²) in [6.45, 7) is 9.46. The summed E-state index contributed by atoms with van der Waals surface area (Å²) >= 11 is 0. The smallest absolute Gasteiger partial charge is 0.0330 e. The van der Waals surface area contributed by atoms with Crippen molar-refractivity contribution in [3.8, 4) is 0 Å². The first-order chi connectivity index (χ1) is 4.74. The van der Waals surface area contributed by atoms with Crippen LogP contribution in [0.25, 0.3) is 0 Å². The van der Waals surface area contributed by atoms with Crippen molar-refractivity contribution >= 4 is 0 Å². The minimum Gasteiger partial charge on any atom is -0.370 e. The molecule has 1 aliphatic rings. The van der Waals surface area contributed by atoms with E-state index in [4.69, 9.17) is 5.73 Å². The Hall–Kier alpha value is -0.760. The summed E-state index contributed by atoms with van der Waals surface area (Å²) in [5, 5.41) is 0. The Morgan fingerprint density at radius 1 is 1.70 bits per heavy atom. The molecule has 1 rings (SSSR count). The molecule has 56 valence electrons. The maximum atomic E-state index is 5.70. The Labute approximate surface area is 62.0 Å². The zero-order valence-electron chi connectivity index (χ0n) is 6.21. The molecule has 0 spiro atoms. The minimum absolute atomic E-state index is 0.330. The molecular formula is C8H14N2. The number of nitrogens with two attached hydrogens (primary N) is 1. The quantitative estimate of drug-likeness (QED) is 0.570. The molecule has 1 aliphatic heterocycles. The molecule has 2 heteroatoms. The topological polar surface area (TPSA) is 29.3 Å². The van der Waals surface area contributed by atoms with Crippen LogP contribution in [0.5, 0.6) is 0 Å². The van der Waals surface area contributed by atoms with Crippen LogP contribution in [0.1, 0.15) is 6.42 Å². The molecule has 0 amide bonds.